The monoisotopic (exact) mass is 868 g/mol. The first-order valence-electron chi connectivity index (χ1n) is 25.7. The molecule has 0 aliphatic carbocycles. The van der Waals surface area contributed by atoms with Crippen molar-refractivity contribution >= 4 is 5.91 Å². The number of nitrogens with one attached hydrogen (secondary N) is 1. The number of allylic oxidation sites excluding steroid dienone is 3. The van der Waals surface area contributed by atoms with Gasteiger partial charge in [-0.2, -0.15) is 0 Å². The standard InChI is InChI=1S/C51H97NO9/c1-3-5-7-9-11-13-15-17-19-20-21-22-23-24-26-28-30-32-34-36-38-40-45(55)50(59)52-43(42-60-51-49(58)48(57)47(56)46(41-53)61-51)44(54)39-37-35-33-31-29-27-25-18-16-14-12-10-8-6-4-2/h23-24,37,39,43-49,51,53-58H,3-22,25-36,38,40-42H2,1-2H3,(H,52,59)/b24-23-,39-37+. The van der Waals surface area contributed by atoms with E-state index in [1.165, 1.54) is 161 Å². The molecule has 1 fully saturated rings. The van der Waals surface area contributed by atoms with Gasteiger partial charge in [-0.1, -0.05) is 212 Å². The molecule has 1 amide bonds. The molecule has 7 N–H and O–H groups in total. The number of hydrogen-bond donors (Lipinski definition) is 7. The summed E-state index contributed by atoms with van der Waals surface area (Å²) >= 11 is 0. The van der Waals surface area contributed by atoms with Crippen LogP contribution < -0.4 is 5.32 Å². The van der Waals surface area contributed by atoms with E-state index >= 15 is 0 Å². The molecule has 8 unspecified atom stereocenters. The van der Waals surface area contributed by atoms with Crippen molar-refractivity contribution < 1.29 is 44.9 Å². The SMILES string of the molecule is CCCCCCCCCCCCC/C=C\CCCCCCCCC(O)C(=O)NC(COC1OC(CO)C(O)C(O)C1O)C(O)/C=C/CCCCCCCCCCCCCCC. The lowest BCUT2D eigenvalue weighted by atomic mass is 9.99. The maximum atomic E-state index is 13.1. The van der Waals surface area contributed by atoms with Gasteiger partial charge in [0.15, 0.2) is 6.29 Å². The molecular weight excluding hydrogens is 771 g/mol. The molecule has 0 aromatic heterocycles. The molecule has 1 aliphatic rings. The third-order valence-corrected chi connectivity index (χ3v) is 12.4. The van der Waals surface area contributed by atoms with Gasteiger partial charge in [0.2, 0.25) is 5.91 Å². The van der Waals surface area contributed by atoms with Gasteiger partial charge in [0.25, 0.3) is 0 Å². The van der Waals surface area contributed by atoms with Gasteiger partial charge in [0.1, 0.15) is 30.5 Å². The summed E-state index contributed by atoms with van der Waals surface area (Å²) in [6.07, 6.45) is 39.8. The van der Waals surface area contributed by atoms with Crippen LogP contribution in [0.15, 0.2) is 24.3 Å². The molecule has 1 saturated heterocycles. The Morgan fingerprint density at radius 1 is 0.557 bits per heavy atom. The number of hydrogen-bond acceptors (Lipinski definition) is 9. The minimum Gasteiger partial charge on any atom is -0.394 e. The van der Waals surface area contributed by atoms with Crippen LogP contribution in [0.5, 0.6) is 0 Å². The van der Waals surface area contributed by atoms with Crippen molar-refractivity contribution in [3.8, 4) is 0 Å². The van der Waals surface area contributed by atoms with Gasteiger partial charge in [-0.3, -0.25) is 4.79 Å². The molecule has 10 nitrogen and oxygen atoms in total. The van der Waals surface area contributed by atoms with Crippen LogP contribution in [-0.4, -0.2) is 98.7 Å². The van der Waals surface area contributed by atoms with Crippen LogP contribution in [0.4, 0.5) is 0 Å². The average Bonchev–Trinajstić information content (AvgIpc) is 3.26. The zero-order valence-electron chi connectivity index (χ0n) is 39.3. The van der Waals surface area contributed by atoms with Crippen molar-refractivity contribution in [1.29, 1.82) is 0 Å². The van der Waals surface area contributed by atoms with Gasteiger partial charge in [-0.05, 0) is 44.9 Å². The fourth-order valence-corrected chi connectivity index (χ4v) is 8.16. The van der Waals surface area contributed by atoms with E-state index in [1.807, 2.05) is 6.08 Å². The molecule has 0 aromatic carbocycles. The Labute approximate surface area is 373 Å². The molecule has 10 heteroatoms. The van der Waals surface area contributed by atoms with Gasteiger partial charge in [0, 0.05) is 0 Å². The van der Waals surface area contributed by atoms with Crippen molar-refractivity contribution in [3.05, 3.63) is 24.3 Å². The lowest BCUT2D eigenvalue weighted by molar-refractivity contribution is -0.302. The first kappa shape index (κ1) is 57.6. The van der Waals surface area contributed by atoms with Crippen LogP contribution in [0.3, 0.4) is 0 Å². The molecule has 8 atom stereocenters. The minimum absolute atomic E-state index is 0.304. The predicted molar refractivity (Wildman–Crippen MR) is 250 cm³/mol. The second-order valence-electron chi connectivity index (χ2n) is 18.1. The maximum Gasteiger partial charge on any atom is 0.249 e. The van der Waals surface area contributed by atoms with Crippen LogP contribution >= 0.6 is 0 Å². The summed E-state index contributed by atoms with van der Waals surface area (Å²) in [6.45, 7) is 3.62. The Bertz CT molecular complexity index is 1030. The third kappa shape index (κ3) is 31.2. The zero-order valence-corrected chi connectivity index (χ0v) is 39.3. The predicted octanol–water partition coefficient (Wildman–Crippen LogP) is 10.4. The highest BCUT2D eigenvalue weighted by atomic mass is 16.7. The van der Waals surface area contributed by atoms with Crippen molar-refractivity contribution in [2.45, 2.75) is 281 Å². The largest absolute Gasteiger partial charge is 0.394 e. The normalized spacial score (nSPS) is 21.1. The van der Waals surface area contributed by atoms with E-state index in [0.717, 1.165) is 44.9 Å². The Balaban J connectivity index is 2.34. The first-order chi connectivity index (χ1) is 29.8. The number of carbonyl (C=O) groups excluding carboxylic acids is 1. The van der Waals surface area contributed by atoms with Crippen molar-refractivity contribution in [3.63, 3.8) is 0 Å². The fourth-order valence-electron chi connectivity index (χ4n) is 8.16. The topological polar surface area (TPSA) is 169 Å². The molecule has 0 saturated carbocycles. The summed E-state index contributed by atoms with van der Waals surface area (Å²) in [4.78, 5) is 13.1. The Hall–Kier alpha value is -1.37. The molecule has 61 heavy (non-hydrogen) atoms. The van der Waals surface area contributed by atoms with E-state index in [-0.39, 0.29) is 6.61 Å². The summed E-state index contributed by atoms with van der Waals surface area (Å²) in [5, 5.41) is 64.8. The fraction of sp³-hybridized carbons (Fsp3) is 0.902. The highest BCUT2D eigenvalue weighted by Gasteiger charge is 2.44. The molecule has 0 radical (unpaired) electrons. The van der Waals surface area contributed by atoms with Crippen LogP contribution in [0.1, 0.15) is 232 Å². The van der Waals surface area contributed by atoms with Gasteiger partial charge in [0.05, 0.1) is 25.4 Å². The second kappa shape index (κ2) is 41.3. The Morgan fingerprint density at radius 2 is 0.951 bits per heavy atom. The van der Waals surface area contributed by atoms with Crippen LogP contribution in [0, 0.1) is 0 Å². The molecule has 1 aliphatic heterocycles. The summed E-state index contributed by atoms with van der Waals surface area (Å²) in [6, 6.07) is -0.980. The molecule has 360 valence electrons. The highest BCUT2D eigenvalue weighted by molar-refractivity contribution is 5.80. The number of carbonyl (C=O) groups is 1. The van der Waals surface area contributed by atoms with Gasteiger partial charge in [-0.15, -0.1) is 0 Å². The number of rotatable bonds is 43. The average molecular weight is 868 g/mol. The molecule has 0 spiro atoms. The molecular formula is C51H97NO9. The maximum absolute atomic E-state index is 13.1. The summed E-state index contributed by atoms with van der Waals surface area (Å²) in [7, 11) is 0. The van der Waals surface area contributed by atoms with Crippen LogP contribution in [0.25, 0.3) is 0 Å². The minimum atomic E-state index is -1.61. The number of unbranched alkanes of at least 4 members (excludes halogenated alkanes) is 30. The molecule has 1 rings (SSSR count). The highest BCUT2D eigenvalue weighted by Crippen LogP contribution is 2.23. The van der Waals surface area contributed by atoms with Crippen LogP contribution in [0.2, 0.25) is 0 Å². The van der Waals surface area contributed by atoms with Gasteiger partial charge in [-0.25, -0.2) is 0 Å². The molecule has 1 heterocycles. The lowest BCUT2D eigenvalue weighted by Crippen LogP contribution is -2.60. The second-order valence-corrected chi connectivity index (χ2v) is 18.1. The van der Waals surface area contributed by atoms with E-state index in [2.05, 4.69) is 31.3 Å². The van der Waals surface area contributed by atoms with Crippen molar-refractivity contribution in [2.24, 2.45) is 0 Å². The molecule has 0 bridgehead atoms. The summed E-state index contributed by atoms with van der Waals surface area (Å²) < 4.78 is 11.2. The number of aliphatic hydroxyl groups excluding tert-OH is 6. The van der Waals surface area contributed by atoms with E-state index < -0.39 is 61.5 Å². The lowest BCUT2D eigenvalue weighted by Gasteiger charge is -2.40. The van der Waals surface area contributed by atoms with Crippen molar-refractivity contribution in [2.75, 3.05) is 13.2 Å². The third-order valence-electron chi connectivity index (χ3n) is 12.4. The Kier molecular flexibility index (Phi) is 39.1. The quantitative estimate of drug-likeness (QED) is 0.0233. The number of aliphatic hydroxyl groups is 6. The van der Waals surface area contributed by atoms with Crippen molar-refractivity contribution in [1.82, 2.24) is 5.32 Å². The van der Waals surface area contributed by atoms with Crippen LogP contribution in [-0.2, 0) is 14.3 Å². The van der Waals surface area contributed by atoms with Gasteiger partial charge < -0.3 is 45.4 Å². The van der Waals surface area contributed by atoms with Gasteiger partial charge >= 0.3 is 0 Å². The Morgan fingerprint density at radius 3 is 1.38 bits per heavy atom. The first-order valence-corrected chi connectivity index (χ1v) is 25.7. The summed E-state index contributed by atoms with van der Waals surface area (Å²) in [5.74, 6) is -0.619. The number of ether oxygens (including phenoxy) is 2. The smallest absolute Gasteiger partial charge is 0.249 e. The molecule has 0 aromatic rings. The zero-order chi connectivity index (χ0) is 44.6. The van der Waals surface area contributed by atoms with E-state index in [1.54, 1.807) is 6.08 Å². The number of amides is 1. The van der Waals surface area contributed by atoms with E-state index in [0.29, 0.717) is 12.8 Å². The summed E-state index contributed by atoms with van der Waals surface area (Å²) in [5.41, 5.74) is 0. The van der Waals surface area contributed by atoms with E-state index in [4.69, 9.17) is 9.47 Å². The van der Waals surface area contributed by atoms with E-state index in [9.17, 15) is 35.4 Å².